The summed E-state index contributed by atoms with van der Waals surface area (Å²) < 4.78 is 22.0. The van der Waals surface area contributed by atoms with Crippen LogP contribution in [0.15, 0.2) is 0 Å². The van der Waals surface area contributed by atoms with Gasteiger partial charge in [-0.2, -0.15) is 0 Å². The Morgan fingerprint density at radius 1 is 0.643 bits per heavy atom. The molecule has 0 aromatic rings. The summed E-state index contributed by atoms with van der Waals surface area (Å²) in [5.41, 5.74) is 6.73. The summed E-state index contributed by atoms with van der Waals surface area (Å²) in [6, 6.07) is 2.87. The van der Waals surface area contributed by atoms with E-state index in [4.69, 9.17) is 18.0 Å². The van der Waals surface area contributed by atoms with Crippen molar-refractivity contribution in [3.8, 4) is 34.8 Å². The molecule has 0 unspecified atom stereocenters. The van der Waals surface area contributed by atoms with E-state index in [1.807, 2.05) is 0 Å². The second-order valence-electron chi connectivity index (χ2n) is 8.03. The molecule has 0 radical (unpaired) electrons. The lowest BCUT2D eigenvalue weighted by molar-refractivity contribution is 0.125. The van der Waals surface area contributed by atoms with E-state index in [1.165, 1.54) is 0 Å². The summed E-state index contributed by atoms with van der Waals surface area (Å²) >= 11 is 0. The van der Waals surface area contributed by atoms with Gasteiger partial charge in [-0.15, -0.1) is 11.1 Å². The highest BCUT2D eigenvalue weighted by Gasteiger charge is 2.39. The third kappa shape index (κ3) is 12.6. The average Bonchev–Trinajstić information content (AvgIpc) is 2.66. The van der Waals surface area contributed by atoms with E-state index < -0.39 is 25.0 Å². The van der Waals surface area contributed by atoms with Gasteiger partial charge in [0.25, 0.3) is 0 Å². The molecule has 0 aliphatic rings. The Morgan fingerprint density at radius 3 is 1.61 bits per heavy atom. The maximum Gasteiger partial charge on any atom is 0.499 e. The zero-order valence-electron chi connectivity index (χ0n) is 19.1. The molecule has 0 fully saturated rings. The minimum atomic E-state index is -2.52. The fourth-order valence-electron chi connectivity index (χ4n) is 2.47. The van der Waals surface area contributed by atoms with Crippen molar-refractivity contribution in [3.05, 3.63) is 0 Å². The first-order valence-corrected chi connectivity index (χ1v) is 18.3. The van der Waals surface area contributed by atoms with Gasteiger partial charge in [0.2, 0.25) is 0 Å². The van der Waals surface area contributed by atoms with Crippen LogP contribution < -0.4 is 0 Å². The molecule has 0 aromatic heterocycles. The molecule has 0 saturated heterocycles. The molecule has 28 heavy (non-hydrogen) atoms. The average molecular weight is 439 g/mol. The van der Waals surface area contributed by atoms with Crippen LogP contribution in [-0.4, -0.2) is 59.5 Å². The summed E-state index contributed by atoms with van der Waals surface area (Å²) in [7, 11) is -0.823. The summed E-state index contributed by atoms with van der Waals surface area (Å²) in [6.45, 7) is 12.8. The molecular formula is C21H38O4Si3. The summed E-state index contributed by atoms with van der Waals surface area (Å²) in [6.07, 6.45) is 2.15. The highest BCUT2D eigenvalue weighted by Crippen LogP contribution is 2.21. The van der Waals surface area contributed by atoms with Gasteiger partial charge in [0.15, 0.2) is 0 Å². The highest BCUT2D eigenvalue weighted by atomic mass is 28.4. The molecule has 0 aromatic carbocycles. The summed E-state index contributed by atoms with van der Waals surface area (Å²) in [5.74, 6) is 11.8. The molecule has 0 amide bonds. The van der Waals surface area contributed by atoms with Gasteiger partial charge in [-0.05, 0) is 48.6 Å². The molecule has 0 aliphatic heterocycles. The molecule has 7 heteroatoms. The van der Waals surface area contributed by atoms with Crippen LogP contribution in [0.5, 0.6) is 0 Å². The third-order valence-electron chi connectivity index (χ3n) is 4.42. The van der Waals surface area contributed by atoms with Crippen LogP contribution in [0.2, 0.25) is 44.3 Å². The molecular weight excluding hydrogens is 400 g/mol. The molecule has 4 nitrogen and oxygen atoms in total. The van der Waals surface area contributed by atoms with E-state index >= 15 is 0 Å². The second-order valence-corrected chi connectivity index (χ2v) is 20.2. The fourth-order valence-corrected chi connectivity index (χ4v) is 9.39. The van der Waals surface area contributed by atoms with Gasteiger partial charge in [-0.1, -0.05) is 33.1 Å². The lowest BCUT2D eigenvalue weighted by atomic mass is 10.5. The van der Waals surface area contributed by atoms with Crippen molar-refractivity contribution >= 4 is 25.0 Å². The zero-order valence-corrected chi connectivity index (χ0v) is 22.1. The molecule has 0 saturated carbocycles. The Morgan fingerprint density at radius 2 is 1.14 bits per heavy atom. The largest absolute Gasteiger partial charge is 0.499 e. The maximum absolute atomic E-state index is 5.54. The standard InChI is InChI=1S/C21H38O4Si3/c1-9-15-25-16-14-19-26(5,6)17-12-10-11-13-18-27(7,8)20-21-28(22-2,23-3)24-4/h9,14-16,19-21H2,1-8H3. The van der Waals surface area contributed by atoms with E-state index in [0.29, 0.717) is 0 Å². The van der Waals surface area contributed by atoms with Crippen molar-refractivity contribution < 1.29 is 18.0 Å². The van der Waals surface area contributed by atoms with Gasteiger partial charge in [-0.25, -0.2) is 0 Å². The Balaban J connectivity index is 4.59. The molecule has 0 heterocycles. The fraction of sp³-hybridized carbons (Fsp3) is 0.714. The van der Waals surface area contributed by atoms with Crippen molar-refractivity contribution in [1.82, 2.24) is 0 Å². The van der Waals surface area contributed by atoms with E-state index in [-0.39, 0.29) is 0 Å². The Kier molecular flexibility index (Phi) is 13.8. The first kappa shape index (κ1) is 27.2. The van der Waals surface area contributed by atoms with E-state index in [2.05, 4.69) is 67.9 Å². The lowest BCUT2D eigenvalue weighted by Crippen LogP contribution is -2.44. The van der Waals surface area contributed by atoms with E-state index in [1.54, 1.807) is 21.3 Å². The van der Waals surface area contributed by atoms with Crippen molar-refractivity contribution in [2.45, 2.75) is 64.1 Å². The SMILES string of the molecule is CCCOCCC[Si](C)(C)C#CC#CC#C[Si](C)(C)CC[Si](OC)(OC)OC. The molecule has 0 rings (SSSR count). The quantitative estimate of drug-likeness (QED) is 0.260. The molecule has 0 atom stereocenters. The monoisotopic (exact) mass is 438 g/mol. The first-order valence-electron chi connectivity index (χ1n) is 9.93. The molecule has 0 N–H and O–H groups in total. The Bertz CT molecular complexity index is 615. The van der Waals surface area contributed by atoms with Gasteiger partial charge in [0.05, 0.1) is 0 Å². The first-order chi connectivity index (χ1) is 13.2. The van der Waals surface area contributed by atoms with Crippen molar-refractivity contribution in [3.63, 3.8) is 0 Å². The predicted molar refractivity (Wildman–Crippen MR) is 125 cm³/mol. The van der Waals surface area contributed by atoms with Gasteiger partial charge >= 0.3 is 8.80 Å². The van der Waals surface area contributed by atoms with Crippen LogP contribution in [0, 0.1) is 34.8 Å². The normalized spacial score (nSPS) is 11.6. The topological polar surface area (TPSA) is 36.9 Å². The molecule has 158 valence electrons. The molecule has 0 aliphatic carbocycles. The van der Waals surface area contributed by atoms with Gasteiger partial charge < -0.3 is 18.0 Å². The minimum Gasteiger partial charge on any atom is -0.381 e. The van der Waals surface area contributed by atoms with Gasteiger partial charge in [-0.3, -0.25) is 0 Å². The van der Waals surface area contributed by atoms with Crippen LogP contribution in [0.1, 0.15) is 19.8 Å². The Hall–Kier alpha value is -0.829. The number of rotatable bonds is 12. The number of hydrogen-bond acceptors (Lipinski definition) is 4. The molecule has 0 bridgehead atoms. The van der Waals surface area contributed by atoms with Gasteiger partial charge in [0, 0.05) is 40.6 Å². The molecule has 0 spiro atoms. The van der Waals surface area contributed by atoms with Gasteiger partial charge in [0.1, 0.15) is 16.1 Å². The van der Waals surface area contributed by atoms with Crippen LogP contribution in [0.3, 0.4) is 0 Å². The minimum absolute atomic E-state index is 0.777. The summed E-state index contributed by atoms with van der Waals surface area (Å²) in [5, 5.41) is 0. The highest BCUT2D eigenvalue weighted by molar-refractivity contribution is 6.86. The summed E-state index contributed by atoms with van der Waals surface area (Å²) in [4.78, 5) is 0. The van der Waals surface area contributed by atoms with Crippen LogP contribution in [-0.2, 0) is 18.0 Å². The van der Waals surface area contributed by atoms with Crippen molar-refractivity contribution in [2.24, 2.45) is 0 Å². The predicted octanol–water partition coefficient (Wildman–Crippen LogP) is 4.19. The number of hydrogen-bond donors (Lipinski definition) is 0. The Labute approximate surface area is 176 Å². The van der Waals surface area contributed by atoms with E-state index in [9.17, 15) is 0 Å². The second kappa shape index (κ2) is 14.2. The van der Waals surface area contributed by atoms with Crippen LogP contribution in [0.4, 0.5) is 0 Å². The lowest BCUT2D eigenvalue weighted by Gasteiger charge is -2.26. The zero-order chi connectivity index (χ0) is 21.5. The number of ether oxygens (including phenoxy) is 1. The van der Waals surface area contributed by atoms with Crippen molar-refractivity contribution in [1.29, 1.82) is 0 Å². The van der Waals surface area contributed by atoms with Crippen LogP contribution >= 0.6 is 0 Å². The van der Waals surface area contributed by atoms with Crippen molar-refractivity contribution in [2.75, 3.05) is 34.5 Å². The smallest absolute Gasteiger partial charge is 0.381 e. The third-order valence-corrected chi connectivity index (χ3v) is 12.4. The van der Waals surface area contributed by atoms with E-state index in [0.717, 1.165) is 44.2 Å². The van der Waals surface area contributed by atoms with Crippen LogP contribution in [0.25, 0.3) is 0 Å². The maximum atomic E-state index is 5.54.